The lowest BCUT2D eigenvalue weighted by atomic mass is 10.0. The van der Waals surface area contributed by atoms with E-state index in [0.717, 1.165) is 28.9 Å². The summed E-state index contributed by atoms with van der Waals surface area (Å²) in [5.74, 6) is -0.747. The van der Waals surface area contributed by atoms with Crippen LogP contribution < -0.4 is 10.1 Å². The summed E-state index contributed by atoms with van der Waals surface area (Å²) in [5, 5.41) is 6.57. The van der Waals surface area contributed by atoms with Crippen molar-refractivity contribution in [2.45, 2.75) is 52.8 Å². The Hall–Kier alpha value is -3.21. The van der Waals surface area contributed by atoms with Crippen molar-refractivity contribution >= 4 is 11.7 Å². The van der Waals surface area contributed by atoms with Gasteiger partial charge in [-0.15, -0.1) is 5.10 Å². The minimum atomic E-state index is -4.65. The summed E-state index contributed by atoms with van der Waals surface area (Å²) in [4.78, 5) is 22.6. The van der Waals surface area contributed by atoms with Gasteiger partial charge < -0.3 is 10.1 Å². The smallest absolute Gasteiger partial charge is 0.453 e. The van der Waals surface area contributed by atoms with Gasteiger partial charge in [-0.2, -0.15) is 18.2 Å². The van der Waals surface area contributed by atoms with E-state index in [-0.39, 0.29) is 24.1 Å². The molecule has 0 aliphatic heterocycles. The van der Waals surface area contributed by atoms with Crippen LogP contribution in [0.1, 0.15) is 54.6 Å². The van der Waals surface area contributed by atoms with Gasteiger partial charge in [0.05, 0.1) is 13.2 Å². The fraction of sp³-hybridized carbons (Fsp3) is 0.500. The van der Waals surface area contributed by atoms with E-state index in [1.54, 1.807) is 21.0 Å². The Balaban J connectivity index is 1.71. The quantitative estimate of drug-likeness (QED) is 0.462. The molecule has 0 unspecified atom stereocenters. The predicted molar refractivity (Wildman–Crippen MR) is 125 cm³/mol. The number of amides is 1. The molecule has 2 heterocycles. The van der Waals surface area contributed by atoms with Gasteiger partial charge in [0.2, 0.25) is 5.91 Å². The van der Waals surface area contributed by atoms with E-state index in [2.05, 4.69) is 39.1 Å². The summed E-state index contributed by atoms with van der Waals surface area (Å²) in [6.07, 6.45) is -4.17. The first kappa shape index (κ1) is 26.4. The van der Waals surface area contributed by atoms with Crippen LogP contribution in [0.25, 0.3) is 5.78 Å². The maximum atomic E-state index is 13.0. The predicted octanol–water partition coefficient (Wildman–Crippen LogP) is 3.90. The average molecular weight is 493 g/mol. The number of carbonyl (C=O) groups excluding carboxylic acids is 1. The highest BCUT2D eigenvalue weighted by Crippen LogP contribution is 2.27. The molecule has 0 aliphatic rings. The SMILES string of the molecule is CCN(CC)[C@@H](CNC(=O)CCc1c(C)nc2nc(C(F)(F)F)nn2c1C)c1cccc(OC)c1. The molecule has 1 atom stereocenters. The van der Waals surface area contributed by atoms with E-state index in [9.17, 15) is 18.0 Å². The second kappa shape index (κ2) is 11.0. The number of rotatable bonds is 10. The molecule has 35 heavy (non-hydrogen) atoms. The third-order valence-electron chi connectivity index (χ3n) is 6.13. The number of hydrogen-bond acceptors (Lipinski definition) is 6. The number of halogens is 3. The van der Waals surface area contributed by atoms with Crippen LogP contribution in [-0.2, 0) is 17.4 Å². The van der Waals surface area contributed by atoms with E-state index in [4.69, 9.17) is 4.74 Å². The molecular formula is C24H31F3N6O2. The van der Waals surface area contributed by atoms with Gasteiger partial charge in [-0.1, -0.05) is 26.0 Å². The molecule has 3 rings (SSSR count). The molecule has 1 amide bonds. The van der Waals surface area contributed by atoms with Crippen molar-refractivity contribution in [3.05, 3.63) is 52.6 Å². The normalized spacial score (nSPS) is 12.8. The molecule has 11 heteroatoms. The number of hydrogen-bond donors (Lipinski definition) is 1. The molecule has 1 N–H and O–H groups in total. The zero-order valence-electron chi connectivity index (χ0n) is 20.6. The minimum absolute atomic E-state index is 0.0264. The number of ether oxygens (including phenoxy) is 1. The van der Waals surface area contributed by atoms with Crippen LogP contribution in [0.5, 0.6) is 5.75 Å². The third-order valence-corrected chi connectivity index (χ3v) is 6.13. The Bertz CT molecular complexity index is 1170. The van der Waals surface area contributed by atoms with Crippen molar-refractivity contribution in [1.82, 2.24) is 29.8 Å². The Morgan fingerprint density at radius 2 is 1.91 bits per heavy atom. The molecule has 0 fully saturated rings. The molecule has 0 aliphatic carbocycles. The second-order valence-corrected chi connectivity index (χ2v) is 8.22. The number of methoxy groups -OCH3 is 1. The fourth-order valence-electron chi connectivity index (χ4n) is 4.20. The zero-order chi connectivity index (χ0) is 25.8. The maximum absolute atomic E-state index is 13.0. The number of alkyl halides is 3. The lowest BCUT2D eigenvalue weighted by Gasteiger charge is -2.30. The van der Waals surface area contributed by atoms with Crippen LogP contribution in [0.3, 0.4) is 0 Å². The van der Waals surface area contributed by atoms with Gasteiger partial charge in [-0.3, -0.25) is 9.69 Å². The van der Waals surface area contributed by atoms with Gasteiger partial charge in [-0.05, 0) is 56.6 Å². The number of benzene rings is 1. The van der Waals surface area contributed by atoms with Gasteiger partial charge in [0.25, 0.3) is 11.6 Å². The van der Waals surface area contributed by atoms with Crippen molar-refractivity contribution in [3.8, 4) is 5.75 Å². The first-order chi connectivity index (χ1) is 16.6. The van der Waals surface area contributed by atoms with Crippen LogP contribution in [0, 0.1) is 13.8 Å². The van der Waals surface area contributed by atoms with Crippen LogP contribution in [-0.4, -0.2) is 57.1 Å². The van der Waals surface area contributed by atoms with E-state index in [0.29, 0.717) is 29.9 Å². The van der Waals surface area contributed by atoms with Crippen LogP contribution in [0.4, 0.5) is 13.2 Å². The summed E-state index contributed by atoms with van der Waals surface area (Å²) in [6, 6.07) is 7.76. The molecule has 3 aromatic rings. The molecule has 0 saturated heterocycles. The van der Waals surface area contributed by atoms with Crippen molar-refractivity contribution in [3.63, 3.8) is 0 Å². The number of nitrogens with one attached hydrogen (secondary N) is 1. The van der Waals surface area contributed by atoms with Crippen molar-refractivity contribution in [2.24, 2.45) is 0 Å². The summed E-state index contributed by atoms with van der Waals surface area (Å²) in [6.45, 7) is 9.54. The summed E-state index contributed by atoms with van der Waals surface area (Å²) in [7, 11) is 1.62. The first-order valence-corrected chi connectivity index (χ1v) is 11.5. The second-order valence-electron chi connectivity index (χ2n) is 8.22. The first-order valence-electron chi connectivity index (χ1n) is 11.5. The number of carbonyl (C=O) groups is 1. The Morgan fingerprint density at radius 3 is 2.54 bits per heavy atom. The van der Waals surface area contributed by atoms with Gasteiger partial charge in [0.1, 0.15) is 5.75 Å². The van der Waals surface area contributed by atoms with E-state index < -0.39 is 12.0 Å². The van der Waals surface area contributed by atoms with Gasteiger partial charge in [-0.25, -0.2) is 9.50 Å². The molecule has 8 nitrogen and oxygen atoms in total. The van der Waals surface area contributed by atoms with Gasteiger partial charge in [0, 0.05) is 24.4 Å². The van der Waals surface area contributed by atoms with E-state index in [1.165, 1.54) is 0 Å². The van der Waals surface area contributed by atoms with Gasteiger partial charge >= 0.3 is 6.18 Å². The summed E-state index contributed by atoms with van der Waals surface area (Å²) >= 11 is 0. The Labute approximate surface area is 202 Å². The third kappa shape index (κ3) is 6.08. The zero-order valence-corrected chi connectivity index (χ0v) is 20.6. The van der Waals surface area contributed by atoms with Crippen LogP contribution in [0.2, 0.25) is 0 Å². The number of likely N-dealkylation sites (N-methyl/N-ethyl adjacent to an activating group) is 1. The molecule has 2 aromatic heterocycles. The molecule has 1 aromatic carbocycles. The van der Waals surface area contributed by atoms with Crippen LogP contribution in [0.15, 0.2) is 24.3 Å². The highest BCUT2D eigenvalue weighted by atomic mass is 19.4. The van der Waals surface area contributed by atoms with Crippen molar-refractivity contribution in [1.29, 1.82) is 0 Å². The average Bonchev–Trinajstić information content (AvgIpc) is 3.26. The standard InChI is InChI=1S/C24H31F3N6O2/c1-6-32(7-2)20(17-9-8-10-18(13-17)35-5)14-28-21(34)12-11-19-15(3)29-23-30-22(24(25,26)27)31-33(23)16(19)4/h8-10,13,20H,6-7,11-12,14H2,1-5H3,(H,28,34)/t20-/m0/s1. The van der Waals surface area contributed by atoms with E-state index >= 15 is 0 Å². The monoisotopic (exact) mass is 492 g/mol. The highest BCUT2D eigenvalue weighted by molar-refractivity contribution is 5.76. The van der Waals surface area contributed by atoms with E-state index in [1.807, 2.05) is 24.3 Å². The molecular weight excluding hydrogens is 461 g/mol. The Kier molecular flexibility index (Phi) is 8.31. The Morgan fingerprint density at radius 1 is 1.20 bits per heavy atom. The lowest BCUT2D eigenvalue weighted by molar-refractivity contribution is -0.144. The molecule has 190 valence electrons. The number of aromatic nitrogens is 4. The van der Waals surface area contributed by atoms with Crippen LogP contribution >= 0.6 is 0 Å². The topological polar surface area (TPSA) is 84.7 Å². The van der Waals surface area contributed by atoms with Crippen molar-refractivity contribution in [2.75, 3.05) is 26.7 Å². The summed E-state index contributed by atoms with van der Waals surface area (Å²) < 4.78 is 45.5. The molecule has 0 bridgehead atoms. The lowest BCUT2D eigenvalue weighted by Crippen LogP contribution is -2.38. The number of nitrogens with zero attached hydrogens (tertiary/aromatic N) is 5. The van der Waals surface area contributed by atoms with Gasteiger partial charge in [0.15, 0.2) is 0 Å². The number of aryl methyl sites for hydroxylation is 2. The fourth-order valence-corrected chi connectivity index (χ4v) is 4.20. The molecule has 0 saturated carbocycles. The summed E-state index contributed by atoms with van der Waals surface area (Å²) in [5.41, 5.74) is 2.74. The number of fused-ring (bicyclic) bond motifs is 1. The largest absolute Gasteiger partial charge is 0.497 e. The molecule has 0 spiro atoms. The highest BCUT2D eigenvalue weighted by Gasteiger charge is 2.37. The maximum Gasteiger partial charge on any atom is 0.453 e. The minimum Gasteiger partial charge on any atom is -0.497 e. The van der Waals surface area contributed by atoms with Crippen molar-refractivity contribution < 1.29 is 22.7 Å². The molecule has 0 radical (unpaired) electrons.